The van der Waals surface area contributed by atoms with Crippen LogP contribution in [0.25, 0.3) is 0 Å². The zero-order valence-corrected chi connectivity index (χ0v) is 15.3. The summed E-state index contributed by atoms with van der Waals surface area (Å²) in [5, 5.41) is 11.8. The zero-order chi connectivity index (χ0) is 19.8. The van der Waals surface area contributed by atoms with E-state index in [0.717, 1.165) is 5.56 Å². The Morgan fingerprint density at radius 2 is 1.85 bits per heavy atom. The molecule has 0 aliphatic rings. The van der Waals surface area contributed by atoms with Gasteiger partial charge in [-0.25, -0.2) is 0 Å². The fourth-order valence-electron chi connectivity index (χ4n) is 2.63. The molecule has 2 atom stereocenters. The maximum Gasteiger partial charge on any atom is 0.308 e. The fraction of sp³-hybridized carbons (Fsp3) is 0.300. The molecule has 0 saturated carbocycles. The Balaban J connectivity index is 2.17. The van der Waals surface area contributed by atoms with E-state index >= 15 is 0 Å². The van der Waals surface area contributed by atoms with Crippen molar-refractivity contribution in [2.24, 2.45) is 5.92 Å². The van der Waals surface area contributed by atoms with E-state index in [1.807, 2.05) is 6.07 Å². The van der Waals surface area contributed by atoms with Crippen molar-refractivity contribution in [1.29, 1.82) is 0 Å². The molecule has 0 radical (unpaired) electrons. The number of benzene rings is 1. The predicted molar refractivity (Wildman–Crippen MR) is 100 cm³/mol. The van der Waals surface area contributed by atoms with E-state index in [4.69, 9.17) is 5.11 Å². The van der Waals surface area contributed by atoms with E-state index < -0.39 is 17.9 Å². The fourth-order valence-corrected chi connectivity index (χ4v) is 2.63. The third-order valence-electron chi connectivity index (χ3n) is 4.15. The van der Waals surface area contributed by atoms with Crippen LogP contribution in [0.3, 0.4) is 0 Å². The highest BCUT2D eigenvalue weighted by Gasteiger charge is 2.27. The SMILES string of the molecule is CC(CN(C)C(=O)C(Cc1cccnc1)NC(=O)c1ccccc1)C(=O)O. The number of rotatable bonds is 8. The summed E-state index contributed by atoms with van der Waals surface area (Å²) in [5.41, 5.74) is 1.24. The van der Waals surface area contributed by atoms with Gasteiger partial charge in [-0.1, -0.05) is 31.2 Å². The molecule has 0 aliphatic heterocycles. The third kappa shape index (κ3) is 5.91. The number of carbonyl (C=O) groups excluding carboxylic acids is 2. The highest BCUT2D eigenvalue weighted by molar-refractivity contribution is 5.97. The summed E-state index contributed by atoms with van der Waals surface area (Å²) < 4.78 is 0. The second-order valence-electron chi connectivity index (χ2n) is 6.42. The summed E-state index contributed by atoms with van der Waals surface area (Å²) in [5.74, 6) is -2.40. The number of carboxylic acid groups (broad SMARTS) is 1. The number of hydrogen-bond donors (Lipinski definition) is 2. The quantitative estimate of drug-likeness (QED) is 0.736. The van der Waals surface area contributed by atoms with Gasteiger partial charge in [0.05, 0.1) is 5.92 Å². The average Bonchev–Trinajstić information content (AvgIpc) is 2.68. The molecule has 7 heteroatoms. The average molecular weight is 369 g/mol. The number of nitrogens with zero attached hydrogens (tertiary/aromatic N) is 2. The molecule has 2 N–H and O–H groups in total. The van der Waals surface area contributed by atoms with Gasteiger partial charge in [0.1, 0.15) is 6.04 Å². The monoisotopic (exact) mass is 369 g/mol. The van der Waals surface area contributed by atoms with Crippen LogP contribution in [0.15, 0.2) is 54.9 Å². The maximum atomic E-state index is 12.9. The molecule has 0 bridgehead atoms. The van der Waals surface area contributed by atoms with Gasteiger partial charge < -0.3 is 15.3 Å². The number of aliphatic carboxylic acids is 1. The molecule has 2 amide bonds. The van der Waals surface area contributed by atoms with Crippen LogP contribution in [0, 0.1) is 5.92 Å². The van der Waals surface area contributed by atoms with Gasteiger partial charge in [0.2, 0.25) is 5.91 Å². The van der Waals surface area contributed by atoms with Gasteiger partial charge in [0.15, 0.2) is 0 Å². The van der Waals surface area contributed by atoms with Gasteiger partial charge in [-0.05, 0) is 23.8 Å². The maximum absolute atomic E-state index is 12.9. The first-order valence-electron chi connectivity index (χ1n) is 8.61. The highest BCUT2D eigenvalue weighted by Crippen LogP contribution is 2.08. The number of aromatic nitrogens is 1. The van der Waals surface area contributed by atoms with Gasteiger partial charge in [-0.3, -0.25) is 19.4 Å². The van der Waals surface area contributed by atoms with Gasteiger partial charge in [0, 0.05) is 38.0 Å². The highest BCUT2D eigenvalue weighted by atomic mass is 16.4. The topological polar surface area (TPSA) is 99.6 Å². The molecule has 0 saturated heterocycles. The molecule has 0 fully saturated rings. The van der Waals surface area contributed by atoms with E-state index in [1.165, 1.54) is 18.9 Å². The van der Waals surface area contributed by atoms with Crippen molar-refractivity contribution in [3.05, 3.63) is 66.0 Å². The number of likely N-dealkylation sites (N-methyl/N-ethyl adjacent to an activating group) is 1. The zero-order valence-electron chi connectivity index (χ0n) is 15.3. The lowest BCUT2D eigenvalue weighted by Crippen LogP contribution is -2.49. The first kappa shape index (κ1) is 20.1. The van der Waals surface area contributed by atoms with Crippen molar-refractivity contribution >= 4 is 17.8 Å². The number of nitrogens with one attached hydrogen (secondary N) is 1. The summed E-state index contributed by atoms with van der Waals surface area (Å²) >= 11 is 0. The largest absolute Gasteiger partial charge is 0.481 e. The Morgan fingerprint density at radius 3 is 2.44 bits per heavy atom. The van der Waals surface area contributed by atoms with Crippen LogP contribution in [0.4, 0.5) is 0 Å². The van der Waals surface area contributed by atoms with Gasteiger partial charge in [-0.2, -0.15) is 0 Å². The summed E-state index contributed by atoms with van der Waals surface area (Å²) in [7, 11) is 1.53. The molecule has 2 rings (SSSR count). The lowest BCUT2D eigenvalue weighted by molar-refractivity contribution is -0.143. The van der Waals surface area contributed by atoms with Gasteiger partial charge >= 0.3 is 5.97 Å². The molecule has 142 valence electrons. The van der Waals surface area contributed by atoms with E-state index in [9.17, 15) is 14.4 Å². The minimum Gasteiger partial charge on any atom is -0.481 e. The van der Waals surface area contributed by atoms with Crippen molar-refractivity contribution in [3.8, 4) is 0 Å². The number of carbonyl (C=O) groups is 3. The molecule has 7 nitrogen and oxygen atoms in total. The Labute approximate surface area is 158 Å². The summed E-state index contributed by atoms with van der Waals surface area (Å²) in [6, 6.07) is 11.4. The van der Waals surface area contributed by atoms with Crippen molar-refractivity contribution in [2.75, 3.05) is 13.6 Å². The number of pyridine rings is 1. The minimum atomic E-state index is -0.980. The molecule has 2 unspecified atom stereocenters. The molecule has 0 spiro atoms. The van der Waals surface area contributed by atoms with E-state index in [1.54, 1.807) is 48.8 Å². The van der Waals surface area contributed by atoms with Gasteiger partial charge in [0.25, 0.3) is 5.91 Å². The molecule has 27 heavy (non-hydrogen) atoms. The van der Waals surface area contributed by atoms with Gasteiger partial charge in [-0.15, -0.1) is 0 Å². The minimum absolute atomic E-state index is 0.0545. The molecule has 1 heterocycles. The van der Waals surface area contributed by atoms with Crippen molar-refractivity contribution in [2.45, 2.75) is 19.4 Å². The predicted octanol–water partition coefficient (Wildman–Crippen LogP) is 1.60. The number of carboxylic acids is 1. The number of hydrogen-bond acceptors (Lipinski definition) is 4. The van der Waals surface area contributed by atoms with Crippen molar-refractivity contribution in [3.63, 3.8) is 0 Å². The molecule has 1 aromatic heterocycles. The second kappa shape index (κ2) is 9.47. The van der Waals surface area contributed by atoms with Crippen LogP contribution < -0.4 is 5.32 Å². The molecule has 1 aromatic carbocycles. The Kier molecular flexibility index (Phi) is 7.05. The summed E-state index contributed by atoms with van der Waals surface area (Å²) in [6.07, 6.45) is 3.52. The smallest absolute Gasteiger partial charge is 0.308 e. The van der Waals surface area contributed by atoms with Crippen LogP contribution in [0.5, 0.6) is 0 Å². The van der Waals surface area contributed by atoms with Crippen LogP contribution in [0.2, 0.25) is 0 Å². The second-order valence-corrected chi connectivity index (χ2v) is 6.42. The Hall–Kier alpha value is -3.22. The molecular formula is C20H23N3O4. The Morgan fingerprint density at radius 1 is 1.15 bits per heavy atom. The van der Waals surface area contributed by atoms with Crippen LogP contribution in [0.1, 0.15) is 22.8 Å². The molecular weight excluding hydrogens is 346 g/mol. The lowest BCUT2D eigenvalue weighted by atomic mass is 10.0. The first-order chi connectivity index (χ1) is 12.9. The van der Waals surface area contributed by atoms with E-state index in [0.29, 0.717) is 5.56 Å². The van der Waals surface area contributed by atoms with Crippen LogP contribution >= 0.6 is 0 Å². The van der Waals surface area contributed by atoms with Crippen molar-refractivity contribution < 1.29 is 19.5 Å². The van der Waals surface area contributed by atoms with Crippen LogP contribution in [-0.4, -0.2) is 52.4 Å². The van der Waals surface area contributed by atoms with Crippen molar-refractivity contribution in [1.82, 2.24) is 15.2 Å². The summed E-state index contributed by atoms with van der Waals surface area (Å²) in [6.45, 7) is 1.59. The third-order valence-corrected chi connectivity index (χ3v) is 4.15. The molecule has 2 aromatic rings. The summed E-state index contributed by atoms with van der Waals surface area (Å²) in [4.78, 5) is 41.8. The lowest BCUT2D eigenvalue weighted by Gasteiger charge is -2.26. The van der Waals surface area contributed by atoms with E-state index in [-0.39, 0.29) is 24.8 Å². The normalized spacial score (nSPS) is 12.7. The van der Waals surface area contributed by atoms with E-state index in [2.05, 4.69) is 10.3 Å². The molecule has 0 aliphatic carbocycles. The Bertz CT molecular complexity index is 780. The standard InChI is InChI=1S/C20H23N3O4/c1-14(20(26)27)13-23(2)19(25)17(11-15-7-6-10-21-12-15)22-18(24)16-8-4-3-5-9-16/h3-10,12,14,17H,11,13H2,1-2H3,(H,22,24)(H,26,27). The number of amides is 2. The first-order valence-corrected chi connectivity index (χ1v) is 8.61. The van der Waals surface area contributed by atoms with Crippen LogP contribution in [-0.2, 0) is 16.0 Å².